The van der Waals surface area contributed by atoms with Crippen molar-refractivity contribution in [2.75, 3.05) is 5.32 Å². The number of anilines is 1. The third-order valence-electron chi connectivity index (χ3n) is 2.18. The average molecular weight is 421 g/mol. The van der Waals surface area contributed by atoms with E-state index in [1.165, 1.54) is 18.3 Å². The Morgan fingerprint density at radius 3 is 2.89 bits per heavy atom. The molecule has 1 heterocycles. The van der Waals surface area contributed by atoms with Crippen molar-refractivity contribution in [3.05, 3.63) is 56.1 Å². The quantitative estimate of drug-likeness (QED) is 0.592. The number of carbonyl (C=O) groups is 1. The summed E-state index contributed by atoms with van der Waals surface area (Å²) in [5.74, 6) is -1.29. The Labute approximate surface area is 125 Å². The van der Waals surface area contributed by atoms with Crippen LogP contribution < -0.4 is 5.32 Å². The number of halogens is 3. The van der Waals surface area contributed by atoms with Crippen molar-refractivity contribution < 1.29 is 9.18 Å². The molecule has 2 rings (SSSR count). The predicted octanol–water partition coefficient (Wildman–Crippen LogP) is 3.84. The van der Waals surface area contributed by atoms with Crippen molar-refractivity contribution in [3.63, 3.8) is 0 Å². The van der Waals surface area contributed by atoms with Gasteiger partial charge in [-0.05, 0) is 52.9 Å². The molecule has 0 saturated heterocycles. The molecule has 3 nitrogen and oxygen atoms in total. The Kier molecular flexibility index (Phi) is 4.28. The molecule has 1 amide bonds. The lowest BCUT2D eigenvalue weighted by molar-refractivity contribution is 0.102. The highest BCUT2D eigenvalue weighted by Gasteiger charge is 2.13. The zero-order valence-corrected chi connectivity index (χ0v) is 12.7. The summed E-state index contributed by atoms with van der Waals surface area (Å²) in [6, 6.07) is 8.38. The van der Waals surface area contributed by atoms with Gasteiger partial charge in [0, 0.05) is 14.2 Å². The molecule has 0 spiro atoms. The molecule has 92 valence electrons. The van der Waals surface area contributed by atoms with Crippen LogP contribution in [0.2, 0.25) is 0 Å². The molecular formula is C12H7BrFIN2O. The smallest absolute Gasteiger partial charge is 0.260 e. The molecule has 0 atom stereocenters. The number of aromatic nitrogens is 1. The zero-order chi connectivity index (χ0) is 13.1. The van der Waals surface area contributed by atoms with Crippen LogP contribution in [0, 0.1) is 9.52 Å². The lowest BCUT2D eigenvalue weighted by Gasteiger charge is -2.08. The number of carbonyl (C=O) groups excluding carboxylic acids is 1. The molecule has 0 aliphatic carbocycles. The van der Waals surface area contributed by atoms with E-state index in [9.17, 15) is 9.18 Å². The van der Waals surface area contributed by atoms with E-state index in [-0.39, 0.29) is 5.56 Å². The van der Waals surface area contributed by atoms with E-state index >= 15 is 0 Å². The van der Waals surface area contributed by atoms with Gasteiger partial charge in [0.2, 0.25) is 5.95 Å². The second-order valence-electron chi connectivity index (χ2n) is 3.42. The minimum atomic E-state index is -0.778. The maximum absolute atomic E-state index is 13.3. The topological polar surface area (TPSA) is 42.0 Å². The summed E-state index contributed by atoms with van der Waals surface area (Å²) in [6.45, 7) is 0. The van der Waals surface area contributed by atoms with Crippen LogP contribution in [0.3, 0.4) is 0 Å². The van der Waals surface area contributed by atoms with Gasteiger partial charge < -0.3 is 5.32 Å². The van der Waals surface area contributed by atoms with Crippen molar-refractivity contribution in [2.24, 2.45) is 0 Å². The molecule has 0 saturated carbocycles. The van der Waals surface area contributed by atoms with E-state index < -0.39 is 11.9 Å². The Hall–Kier alpha value is -1.02. The van der Waals surface area contributed by atoms with Gasteiger partial charge in [-0.15, -0.1) is 0 Å². The largest absolute Gasteiger partial charge is 0.321 e. The van der Waals surface area contributed by atoms with E-state index in [1.54, 1.807) is 6.07 Å². The van der Waals surface area contributed by atoms with Gasteiger partial charge in [-0.25, -0.2) is 4.98 Å². The summed E-state index contributed by atoms with van der Waals surface area (Å²) < 4.78 is 15.0. The molecule has 1 aromatic heterocycles. The van der Waals surface area contributed by atoms with Gasteiger partial charge in [0.15, 0.2) is 0 Å². The van der Waals surface area contributed by atoms with Gasteiger partial charge >= 0.3 is 0 Å². The summed E-state index contributed by atoms with van der Waals surface area (Å²) in [7, 11) is 0. The standard InChI is InChI=1S/C12H7BrFIN2O/c13-7-3-4-9(15)10(6-7)17-12(18)8-2-1-5-16-11(8)14/h1-6H,(H,17,18). The molecule has 0 fully saturated rings. The van der Waals surface area contributed by atoms with Crippen LogP contribution in [0.4, 0.5) is 10.1 Å². The first-order chi connectivity index (χ1) is 8.58. The van der Waals surface area contributed by atoms with Crippen LogP contribution in [0.15, 0.2) is 41.0 Å². The second kappa shape index (κ2) is 5.75. The molecule has 0 unspecified atom stereocenters. The van der Waals surface area contributed by atoms with E-state index in [0.29, 0.717) is 5.69 Å². The highest BCUT2D eigenvalue weighted by atomic mass is 127. The molecule has 0 bridgehead atoms. The van der Waals surface area contributed by atoms with Crippen molar-refractivity contribution >= 4 is 50.1 Å². The fourth-order valence-corrected chi connectivity index (χ4v) is 2.17. The number of benzene rings is 1. The van der Waals surface area contributed by atoms with Gasteiger partial charge in [-0.2, -0.15) is 4.39 Å². The lowest BCUT2D eigenvalue weighted by atomic mass is 10.2. The van der Waals surface area contributed by atoms with Crippen LogP contribution in [-0.4, -0.2) is 10.9 Å². The third-order valence-corrected chi connectivity index (χ3v) is 3.61. The molecule has 0 aliphatic heterocycles. The first-order valence-corrected chi connectivity index (χ1v) is 6.82. The van der Waals surface area contributed by atoms with Crippen LogP contribution in [0.5, 0.6) is 0 Å². The lowest BCUT2D eigenvalue weighted by Crippen LogP contribution is -2.15. The second-order valence-corrected chi connectivity index (χ2v) is 5.50. The Morgan fingerprint density at radius 1 is 1.39 bits per heavy atom. The van der Waals surface area contributed by atoms with Crippen LogP contribution in [0.25, 0.3) is 0 Å². The minimum Gasteiger partial charge on any atom is -0.321 e. The van der Waals surface area contributed by atoms with Gasteiger partial charge in [0.05, 0.1) is 11.3 Å². The molecule has 6 heteroatoms. The van der Waals surface area contributed by atoms with Crippen molar-refractivity contribution in [2.45, 2.75) is 0 Å². The fourth-order valence-electron chi connectivity index (χ4n) is 1.34. The number of hydrogen-bond donors (Lipinski definition) is 1. The number of hydrogen-bond acceptors (Lipinski definition) is 2. The van der Waals surface area contributed by atoms with Crippen molar-refractivity contribution in [3.8, 4) is 0 Å². The minimum absolute atomic E-state index is 0.0757. The van der Waals surface area contributed by atoms with Crippen molar-refractivity contribution in [1.29, 1.82) is 0 Å². The summed E-state index contributed by atoms with van der Waals surface area (Å²) in [5, 5.41) is 2.65. The molecule has 1 N–H and O–H groups in total. The summed E-state index contributed by atoms with van der Waals surface area (Å²) in [4.78, 5) is 15.3. The SMILES string of the molecule is O=C(Nc1cc(Br)ccc1I)c1cccnc1F. The van der Waals surface area contributed by atoms with Gasteiger partial charge in [-0.1, -0.05) is 15.9 Å². The highest BCUT2D eigenvalue weighted by molar-refractivity contribution is 14.1. The third kappa shape index (κ3) is 3.05. The van der Waals surface area contributed by atoms with E-state index in [0.717, 1.165) is 8.04 Å². The monoisotopic (exact) mass is 420 g/mol. The highest BCUT2D eigenvalue weighted by Crippen LogP contribution is 2.23. The Balaban J connectivity index is 2.27. The van der Waals surface area contributed by atoms with E-state index in [2.05, 4.69) is 48.8 Å². The van der Waals surface area contributed by atoms with Gasteiger partial charge in [-0.3, -0.25) is 4.79 Å². The van der Waals surface area contributed by atoms with E-state index in [1.807, 2.05) is 12.1 Å². The first kappa shape index (κ1) is 13.4. The number of rotatable bonds is 2. The van der Waals surface area contributed by atoms with Crippen LogP contribution in [0.1, 0.15) is 10.4 Å². The molecule has 0 aliphatic rings. The number of nitrogens with zero attached hydrogens (tertiary/aromatic N) is 1. The van der Waals surface area contributed by atoms with Gasteiger partial charge in [0.25, 0.3) is 5.91 Å². The number of pyridine rings is 1. The average Bonchev–Trinajstić information content (AvgIpc) is 2.34. The molecule has 2 aromatic rings. The first-order valence-electron chi connectivity index (χ1n) is 4.95. The summed E-state index contributed by atoms with van der Waals surface area (Å²) in [6.07, 6.45) is 1.30. The zero-order valence-electron chi connectivity index (χ0n) is 8.95. The van der Waals surface area contributed by atoms with Crippen LogP contribution in [-0.2, 0) is 0 Å². The fraction of sp³-hybridized carbons (Fsp3) is 0. The Bertz CT molecular complexity index is 606. The maximum Gasteiger partial charge on any atom is 0.260 e. The molecule has 0 radical (unpaired) electrons. The normalized spacial score (nSPS) is 10.2. The number of amides is 1. The number of nitrogens with one attached hydrogen (secondary N) is 1. The van der Waals surface area contributed by atoms with Crippen molar-refractivity contribution in [1.82, 2.24) is 4.98 Å². The molecule has 1 aromatic carbocycles. The Morgan fingerprint density at radius 2 is 2.17 bits per heavy atom. The predicted molar refractivity (Wildman–Crippen MR) is 79.0 cm³/mol. The summed E-state index contributed by atoms with van der Waals surface area (Å²) >= 11 is 5.41. The molecular weight excluding hydrogens is 414 g/mol. The van der Waals surface area contributed by atoms with E-state index in [4.69, 9.17) is 0 Å². The van der Waals surface area contributed by atoms with Gasteiger partial charge in [0.1, 0.15) is 0 Å². The maximum atomic E-state index is 13.3. The molecule has 18 heavy (non-hydrogen) atoms. The summed E-state index contributed by atoms with van der Waals surface area (Å²) in [5.41, 5.74) is 0.548. The van der Waals surface area contributed by atoms with Crippen LogP contribution >= 0.6 is 38.5 Å².